The summed E-state index contributed by atoms with van der Waals surface area (Å²) in [4.78, 5) is 5.50. The molecule has 2 aliphatic rings. The van der Waals surface area contributed by atoms with Gasteiger partial charge in [0.1, 0.15) is 5.92 Å². The molecular weight excluding hydrogens is 178 g/mol. The molecule has 2 fully saturated rings. The fraction of sp³-hybridized carbons (Fsp3) is 0.800. The Labute approximate surface area is 83.6 Å². The van der Waals surface area contributed by atoms with Crippen molar-refractivity contribution >= 4 is 0 Å². The van der Waals surface area contributed by atoms with Gasteiger partial charge < -0.3 is 0 Å². The first-order chi connectivity index (χ1) is 6.60. The molecule has 0 aliphatic carbocycles. The highest BCUT2D eigenvalue weighted by Gasteiger charge is 2.53. The van der Waals surface area contributed by atoms with Crippen molar-refractivity contribution < 1.29 is 4.84 Å². The van der Waals surface area contributed by atoms with Crippen molar-refractivity contribution in [2.75, 3.05) is 0 Å². The Morgan fingerprint density at radius 1 is 1.36 bits per heavy atom. The standard InChI is InChI=1S/C10H13N3O/c1-10(2)4-3-8-7(5-11)9(6-12)14-13(8)10/h7-9H,3-4H2,1-2H3/t7-,8-,9-/m0/s1. The molecule has 0 N–H and O–H groups in total. The molecule has 0 aromatic heterocycles. The fourth-order valence-electron chi connectivity index (χ4n) is 2.37. The van der Waals surface area contributed by atoms with Crippen molar-refractivity contribution in [3.8, 4) is 12.1 Å². The van der Waals surface area contributed by atoms with Gasteiger partial charge in [0.25, 0.3) is 0 Å². The highest BCUT2D eigenvalue weighted by Crippen LogP contribution is 2.43. The maximum atomic E-state index is 8.98. The molecule has 4 nitrogen and oxygen atoms in total. The van der Waals surface area contributed by atoms with Gasteiger partial charge in [-0.15, -0.1) is 0 Å². The Balaban J connectivity index is 2.26. The molecule has 2 rings (SSSR count). The molecule has 0 aromatic carbocycles. The lowest BCUT2D eigenvalue weighted by Crippen LogP contribution is -2.39. The minimum Gasteiger partial charge on any atom is -0.278 e. The average molecular weight is 191 g/mol. The van der Waals surface area contributed by atoms with Crippen LogP contribution < -0.4 is 0 Å². The van der Waals surface area contributed by atoms with Crippen molar-refractivity contribution in [3.63, 3.8) is 0 Å². The highest BCUT2D eigenvalue weighted by molar-refractivity contribution is 5.12. The van der Waals surface area contributed by atoms with Gasteiger partial charge in [-0.2, -0.15) is 15.6 Å². The molecule has 0 unspecified atom stereocenters. The summed E-state index contributed by atoms with van der Waals surface area (Å²) < 4.78 is 0. The van der Waals surface area contributed by atoms with Crippen LogP contribution in [0.3, 0.4) is 0 Å². The van der Waals surface area contributed by atoms with Crippen LogP contribution in [0, 0.1) is 28.6 Å². The maximum Gasteiger partial charge on any atom is 0.182 e. The maximum absolute atomic E-state index is 8.98. The third-order valence-electron chi connectivity index (χ3n) is 3.19. The number of hydroxylamine groups is 2. The Bertz CT molecular complexity index is 325. The Morgan fingerprint density at radius 2 is 2.07 bits per heavy atom. The monoisotopic (exact) mass is 191 g/mol. The molecule has 4 heteroatoms. The Hall–Kier alpha value is -1.10. The van der Waals surface area contributed by atoms with E-state index in [1.54, 1.807) is 0 Å². The summed E-state index contributed by atoms with van der Waals surface area (Å²) in [6, 6.07) is 4.34. The zero-order valence-corrected chi connectivity index (χ0v) is 8.40. The summed E-state index contributed by atoms with van der Waals surface area (Å²) in [5.74, 6) is -0.290. The van der Waals surface area contributed by atoms with Crippen LogP contribution in [0.2, 0.25) is 0 Å². The van der Waals surface area contributed by atoms with E-state index < -0.39 is 6.10 Å². The minimum atomic E-state index is -0.579. The van der Waals surface area contributed by atoms with Gasteiger partial charge in [-0.3, -0.25) is 4.84 Å². The molecule has 0 spiro atoms. The molecular formula is C10H13N3O. The normalized spacial score (nSPS) is 40.1. The van der Waals surface area contributed by atoms with E-state index in [1.807, 2.05) is 11.1 Å². The topological polar surface area (TPSA) is 60.1 Å². The third kappa shape index (κ3) is 1.12. The quantitative estimate of drug-likeness (QED) is 0.577. The van der Waals surface area contributed by atoms with Crippen molar-refractivity contribution in [2.24, 2.45) is 5.92 Å². The molecule has 0 bridgehead atoms. The van der Waals surface area contributed by atoms with E-state index in [0.717, 1.165) is 12.8 Å². The number of hydrogen-bond acceptors (Lipinski definition) is 4. The van der Waals surface area contributed by atoms with Gasteiger partial charge in [-0.05, 0) is 26.7 Å². The molecule has 2 heterocycles. The lowest BCUT2D eigenvalue weighted by molar-refractivity contribution is -0.186. The number of nitrogens with zero attached hydrogens (tertiary/aromatic N) is 3. The lowest BCUT2D eigenvalue weighted by atomic mass is 9.95. The van der Waals surface area contributed by atoms with Crippen LogP contribution >= 0.6 is 0 Å². The molecule has 2 saturated heterocycles. The van der Waals surface area contributed by atoms with Crippen LogP contribution in [0.15, 0.2) is 0 Å². The molecule has 0 aromatic rings. The molecule has 74 valence electrons. The van der Waals surface area contributed by atoms with Gasteiger partial charge in [0.15, 0.2) is 6.10 Å². The van der Waals surface area contributed by atoms with Gasteiger partial charge in [0.2, 0.25) is 0 Å². The minimum absolute atomic E-state index is 0.0363. The average Bonchev–Trinajstić information content (AvgIpc) is 2.64. The molecule has 0 amide bonds. The van der Waals surface area contributed by atoms with E-state index in [2.05, 4.69) is 19.9 Å². The SMILES string of the molecule is CC1(C)CC[C@H]2[C@H](C#N)[C@H](C#N)ON21. The van der Waals surface area contributed by atoms with Crippen molar-refractivity contribution in [1.82, 2.24) is 5.06 Å². The van der Waals surface area contributed by atoms with Crippen molar-refractivity contribution in [2.45, 2.75) is 44.4 Å². The van der Waals surface area contributed by atoms with Crippen LogP contribution in [-0.4, -0.2) is 22.7 Å². The molecule has 2 aliphatic heterocycles. The van der Waals surface area contributed by atoms with E-state index >= 15 is 0 Å². The first-order valence-corrected chi connectivity index (χ1v) is 4.85. The smallest absolute Gasteiger partial charge is 0.182 e. The van der Waals surface area contributed by atoms with E-state index in [4.69, 9.17) is 15.4 Å². The van der Waals surface area contributed by atoms with Gasteiger partial charge in [0, 0.05) is 5.54 Å². The Kier molecular flexibility index (Phi) is 1.99. The molecule has 0 saturated carbocycles. The second-order valence-corrected chi connectivity index (χ2v) is 4.55. The molecule has 0 radical (unpaired) electrons. The fourth-order valence-corrected chi connectivity index (χ4v) is 2.37. The van der Waals surface area contributed by atoms with Crippen LogP contribution in [0.1, 0.15) is 26.7 Å². The number of rotatable bonds is 0. The second-order valence-electron chi connectivity index (χ2n) is 4.55. The van der Waals surface area contributed by atoms with E-state index in [0.29, 0.717) is 0 Å². The summed E-state index contributed by atoms with van der Waals surface area (Å²) >= 11 is 0. The largest absolute Gasteiger partial charge is 0.278 e. The summed E-state index contributed by atoms with van der Waals surface area (Å²) in [6.07, 6.45) is 1.39. The molecule has 14 heavy (non-hydrogen) atoms. The van der Waals surface area contributed by atoms with Crippen LogP contribution in [0.5, 0.6) is 0 Å². The van der Waals surface area contributed by atoms with Gasteiger partial charge >= 0.3 is 0 Å². The lowest BCUT2D eigenvalue weighted by Gasteiger charge is -2.29. The van der Waals surface area contributed by atoms with Crippen molar-refractivity contribution in [3.05, 3.63) is 0 Å². The number of nitriles is 2. The Morgan fingerprint density at radius 3 is 2.64 bits per heavy atom. The van der Waals surface area contributed by atoms with Crippen LogP contribution in [0.25, 0.3) is 0 Å². The van der Waals surface area contributed by atoms with E-state index in [1.165, 1.54) is 0 Å². The van der Waals surface area contributed by atoms with Crippen LogP contribution in [0.4, 0.5) is 0 Å². The van der Waals surface area contributed by atoms with Gasteiger partial charge in [-0.25, -0.2) is 0 Å². The zero-order valence-electron chi connectivity index (χ0n) is 8.40. The first kappa shape index (κ1) is 9.45. The molecule has 3 atom stereocenters. The number of hydrogen-bond donors (Lipinski definition) is 0. The van der Waals surface area contributed by atoms with Gasteiger partial charge in [-0.1, -0.05) is 0 Å². The summed E-state index contributed by atoms with van der Waals surface area (Å²) in [6.45, 7) is 4.17. The summed E-state index contributed by atoms with van der Waals surface area (Å²) in [5.41, 5.74) is -0.0363. The van der Waals surface area contributed by atoms with E-state index in [-0.39, 0.29) is 17.5 Å². The van der Waals surface area contributed by atoms with Crippen LogP contribution in [-0.2, 0) is 4.84 Å². The first-order valence-electron chi connectivity index (χ1n) is 4.85. The van der Waals surface area contributed by atoms with E-state index in [9.17, 15) is 0 Å². The van der Waals surface area contributed by atoms with Crippen molar-refractivity contribution in [1.29, 1.82) is 10.5 Å². The number of fused-ring (bicyclic) bond motifs is 1. The summed E-state index contributed by atoms with van der Waals surface area (Å²) in [7, 11) is 0. The van der Waals surface area contributed by atoms with Gasteiger partial charge in [0.05, 0.1) is 18.2 Å². The predicted molar refractivity (Wildman–Crippen MR) is 48.5 cm³/mol. The summed E-state index contributed by atoms with van der Waals surface area (Å²) in [5, 5.41) is 19.7. The highest BCUT2D eigenvalue weighted by atomic mass is 16.7. The predicted octanol–water partition coefficient (Wildman–Crippen LogP) is 1.21. The third-order valence-corrected chi connectivity index (χ3v) is 3.19. The second kappa shape index (κ2) is 2.95. The zero-order chi connectivity index (χ0) is 10.3.